The minimum atomic E-state index is 0. The molecule has 12 heavy (non-hydrogen) atoms. The third kappa shape index (κ3) is 4.92. The highest BCUT2D eigenvalue weighted by atomic mass is 35.5. The molecule has 1 rings (SSSR count). The molecule has 0 amide bonds. The van der Waals surface area contributed by atoms with Gasteiger partial charge in [-0.1, -0.05) is 0 Å². The fraction of sp³-hybridized carbons (Fsp3) is 0.400. The molecule has 0 spiro atoms. The number of aromatic nitrogens is 3. The van der Waals surface area contributed by atoms with Gasteiger partial charge in [-0.15, -0.1) is 24.8 Å². The molecule has 0 saturated heterocycles. The van der Waals surface area contributed by atoms with Gasteiger partial charge >= 0.3 is 0 Å². The van der Waals surface area contributed by atoms with Crippen molar-refractivity contribution in [3.63, 3.8) is 0 Å². The van der Waals surface area contributed by atoms with Gasteiger partial charge in [0.2, 0.25) is 0 Å². The predicted octanol–water partition coefficient (Wildman–Crippen LogP) is 0.448. The number of nitrogens with one attached hydrogen (secondary N) is 1. The van der Waals surface area contributed by atoms with Crippen LogP contribution in [0.3, 0.4) is 0 Å². The van der Waals surface area contributed by atoms with E-state index in [1.54, 1.807) is 11.0 Å². The van der Waals surface area contributed by atoms with Crippen LogP contribution >= 0.6 is 24.8 Å². The number of halogens is 2. The van der Waals surface area contributed by atoms with Crippen molar-refractivity contribution >= 4 is 30.6 Å². The van der Waals surface area contributed by atoms with Crippen molar-refractivity contribution in [2.45, 2.75) is 13.0 Å². The summed E-state index contributed by atoms with van der Waals surface area (Å²) in [5.74, 6) is 0.176. The van der Waals surface area contributed by atoms with Gasteiger partial charge in [0.25, 0.3) is 0 Å². The van der Waals surface area contributed by atoms with Gasteiger partial charge < -0.3 is 5.73 Å². The maximum atomic E-state index is 6.91. The summed E-state index contributed by atoms with van der Waals surface area (Å²) in [5.41, 5.74) is 5.13. The van der Waals surface area contributed by atoms with Crippen LogP contribution in [0.1, 0.15) is 6.42 Å². The maximum Gasteiger partial charge on any atom is 0.137 e. The summed E-state index contributed by atoms with van der Waals surface area (Å²) in [6.45, 7) is 0.634. The highest BCUT2D eigenvalue weighted by Crippen LogP contribution is 1.84. The van der Waals surface area contributed by atoms with Crippen molar-refractivity contribution in [3.05, 3.63) is 12.7 Å². The Morgan fingerprint density at radius 2 is 2.17 bits per heavy atom. The molecule has 70 valence electrons. The van der Waals surface area contributed by atoms with Gasteiger partial charge in [0.1, 0.15) is 12.7 Å². The molecule has 0 unspecified atom stereocenters. The van der Waals surface area contributed by atoms with E-state index in [9.17, 15) is 0 Å². The second-order valence-electron chi connectivity index (χ2n) is 1.93. The molecule has 7 heteroatoms. The molecule has 0 aliphatic rings. The zero-order valence-electron chi connectivity index (χ0n) is 6.30. The number of aryl methyl sites for hydroxylation is 1. The SMILES string of the molecule is Cl.Cl.N=C(N)CCn1cncn1. The minimum absolute atomic E-state index is 0. The Morgan fingerprint density at radius 3 is 2.58 bits per heavy atom. The van der Waals surface area contributed by atoms with E-state index in [1.165, 1.54) is 6.33 Å². The Bertz CT molecular complexity index is 210. The fourth-order valence-corrected chi connectivity index (χ4v) is 0.583. The van der Waals surface area contributed by atoms with Crippen LogP contribution in [-0.4, -0.2) is 20.6 Å². The molecule has 0 radical (unpaired) electrons. The second kappa shape index (κ2) is 6.87. The van der Waals surface area contributed by atoms with Crippen molar-refractivity contribution in [3.8, 4) is 0 Å². The lowest BCUT2D eigenvalue weighted by Crippen LogP contribution is -2.13. The van der Waals surface area contributed by atoms with Crippen LogP contribution in [0.5, 0.6) is 0 Å². The third-order valence-corrected chi connectivity index (χ3v) is 1.08. The molecule has 0 saturated carbocycles. The molecule has 0 aliphatic carbocycles. The first-order valence-corrected chi connectivity index (χ1v) is 2.94. The smallest absolute Gasteiger partial charge is 0.137 e. The van der Waals surface area contributed by atoms with E-state index in [-0.39, 0.29) is 30.6 Å². The van der Waals surface area contributed by atoms with Crippen LogP contribution < -0.4 is 5.73 Å². The first-order valence-electron chi connectivity index (χ1n) is 2.94. The van der Waals surface area contributed by atoms with Crippen LogP contribution in [0.25, 0.3) is 0 Å². The third-order valence-electron chi connectivity index (χ3n) is 1.08. The summed E-state index contributed by atoms with van der Waals surface area (Å²) in [5, 5.41) is 10.8. The lowest BCUT2D eigenvalue weighted by Gasteiger charge is -1.96. The van der Waals surface area contributed by atoms with Crippen molar-refractivity contribution in [2.75, 3.05) is 0 Å². The van der Waals surface area contributed by atoms with E-state index < -0.39 is 0 Å². The Labute approximate surface area is 82.7 Å². The average Bonchev–Trinajstić information content (AvgIpc) is 2.34. The summed E-state index contributed by atoms with van der Waals surface area (Å²) in [4.78, 5) is 3.74. The van der Waals surface area contributed by atoms with Gasteiger partial charge in [-0.05, 0) is 0 Å². The largest absolute Gasteiger partial charge is 0.388 e. The van der Waals surface area contributed by atoms with Gasteiger partial charge in [0, 0.05) is 13.0 Å². The normalized spacial score (nSPS) is 8.00. The van der Waals surface area contributed by atoms with E-state index >= 15 is 0 Å². The van der Waals surface area contributed by atoms with Crippen LogP contribution in [0, 0.1) is 5.41 Å². The lowest BCUT2D eigenvalue weighted by atomic mass is 10.4. The number of rotatable bonds is 3. The van der Waals surface area contributed by atoms with Crippen LogP contribution in [0.4, 0.5) is 0 Å². The van der Waals surface area contributed by atoms with E-state index in [0.29, 0.717) is 13.0 Å². The Kier molecular flexibility index (Phi) is 7.88. The van der Waals surface area contributed by atoms with Gasteiger partial charge in [0.05, 0.1) is 5.84 Å². The van der Waals surface area contributed by atoms with Gasteiger partial charge in [-0.25, -0.2) is 4.98 Å². The fourth-order valence-electron chi connectivity index (χ4n) is 0.583. The highest BCUT2D eigenvalue weighted by molar-refractivity contribution is 5.85. The Hall–Kier alpha value is -0.810. The molecule has 0 aromatic carbocycles. The minimum Gasteiger partial charge on any atom is -0.388 e. The van der Waals surface area contributed by atoms with Crippen molar-refractivity contribution in [1.82, 2.24) is 14.8 Å². The first kappa shape index (κ1) is 13.8. The Balaban J connectivity index is 0. The van der Waals surface area contributed by atoms with Crippen LogP contribution in [0.2, 0.25) is 0 Å². The number of nitrogens with zero attached hydrogens (tertiary/aromatic N) is 3. The molecule has 1 heterocycles. The number of nitrogens with two attached hydrogens (primary N) is 1. The average molecular weight is 212 g/mol. The molecule has 3 N–H and O–H groups in total. The van der Waals surface area contributed by atoms with Gasteiger partial charge in [-0.2, -0.15) is 5.10 Å². The molecule has 1 aromatic rings. The molecule has 1 aromatic heterocycles. The monoisotopic (exact) mass is 211 g/mol. The van der Waals surface area contributed by atoms with Crippen LogP contribution in [-0.2, 0) is 6.54 Å². The zero-order valence-corrected chi connectivity index (χ0v) is 7.94. The number of amidine groups is 1. The van der Waals surface area contributed by atoms with E-state index in [1.807, 2.05) is 0 Å². The molecule has 0 aliphatic heterocycles. The van der Waals surface area contributed by atoms with E-state index in [2.05, 4.69) is 10.1 Å². The quantitative estimate of drug-likeness (QED) is 0.563. The summed E-state index contributed by atoms with van der Waals surface area (Å²) in [6, 6.07) is 0. The topological polar surface area (TPSA) is 80.6 Å². The van der Waals surface area contributed by atoms with Crippen LogP contribution in [0.15, 0.2) is 12.7 Å². The Morgan fingerprint density at radius 1 is 1.50 bits per heavy atom. The van der Waals surface area contributed by atoms with Gasteiger partial charge in [0.15, 0.2) is 0 Å². The van der Waals surface area contributed by atoms with E-state index in [4.69, 9.17) is 11.1 Å². The van der Waals surface area contributed by atoms with Crippen molar-refractivity contribution in [2.24, 2.45) is 5.73 Å². The van der Waals surface area contributed by atoms with Crippen molar-refractivity contribution < 1.29 is 0 Å². The highest BCUT2D eigenvalue weighted by Gasteiger charge is 1.91. The maximum absolute atomic E-state index is 6.91. The standard InChI is InChI=1S/C5H9N5.2ClH/c6-5(7)1-2-10-4-8-3-9-10;;/h3-4H,1-2H2,(H3,6,7);2*1H. The predicted molar refractivity (Wildman–Crippen MR) is 51.0 cm³/mol. The van der Waals surface area contributed by atoms with E-state index in [0.717, 1.165) is 0 Å². The number of hydrogen-bond donors (Lipinski definition) is 2. The molecule has 0 bridgehead atoms. The molecular formula is C5H11Cl2N5. The van der Waals surface area contributed by atoms with Crippen molar-refractivity contribution in [1.29, 1.82) is 5.41 Å². The zero-order chi connectivity index (χ0) is 7.40. The number of hydrogen-bond acceptors (Lipinski definition) is 3. The summed E-state index contributed by atoms with van der Waals surface area (Å²) < 4.78 is 1.64. The molecular weight excluding hydrogens is 201 g/mol. The molecule has 0 atom stereocenters. The summed E-state index contributed by atoms with van der Waals surface area (Å²) >= 11 is 0. The summed E-state index contributed by atoms with van der Waals surface area (Å²) in [6.07, 6.45) is 3.59. The summed E-state index contributed by atoms with van der Waals surface area (Å²) in [7, 11) is 0. The molecule has 0 fully saturated rings. The lowest BCUT2D eigenvalue weighted by molar-refractivity contribution is 0.630. The first-order chi connectivity index (χ1) is 4.79. The second-order valence-corrected chi connectivity index (χ2v) is 1.93. The van der Waals surface area contributed by atoms with Gasteiger partial charge in [-0.3, -0.25) is 10.1 Å². The molecule has 5 nitrogen and oxygen atoms in total.